The van der Waals surface area contributed by atoms with Gasteiger partial charge in [0.1, 0.15) is 11.3 Å². The molecule has 4 aromatic rings. The lowest BCUT2D eigenvalue weighted by Gasteiger charge is -2.36. The Kier molecular flexibility index (Phi) is 3.14. The first-order chi connectivity index (χ1) is 12.2. The Labute approximate surface area is 145 Å². The number of nitrogens with one attached hydrogen (secondary N) is 2. The van der Waals surface area contributed by atoms with Crippen LogP contribution in [0.4, 0.5) is 9.52 Å². The van der Waals surface area contributed by atoms with E-state index in [1.807, 2.05) is 12.1 Å². The minimum Gasteiger partial charge on any atom is -0.359 e. The lowest BCUT2D eigenvalue weighted by molar-refractivity contribution is 0.282. The number of hydrogen-bond acceptors (Lipinski definition) is 5. The number of anilines is 1. The van der Waals surface area contributed by atoms with Crippen LogP contribution in [0.25, 0.3) is 21.4 Å². The Morgan fingerprint density at radius 2 is 2.16 bits per heavy atom. The lowest BCUT2D eigenvalue weighted by atomic mass is 9.86. The number of halogens is 1. The van der Waals surface area contributed by atoms with Crippen molar-refractivity contribution in [1.82, 2.24) is 19.5 Å². The Morgan fingerprint density at radius 1 is 1.28 bits per heavy atom. The average Bonchev–Trinajstić information content (AvgIpc) is 3.12. The number of nitrogens with zero attached hydrogens (tertiary/aromatic N) is 3. The summed E-state index contributed by atoms with van der Waals surface area (Å²) in [5, 5.41) is 4.06. The third-order valence-electron chi connectivity index (χ3n) is 4.65. The van der Waals surface area contributed by atoms with E-state index in [9.17, 15) is 9.18 Å². The van der Waals surface area contributed by atoms with E-state index in [-0.39, 0.29) is 23.6 Å². The summed E-state index contributed by atoms with van der Waals surface area (Å²) >= 11 is 1.44. The molecule has 1 saturated carbocycles. The van der Waals surface area contributed by atoms with Gasteiger partial charge in [0.15, 0.2) is 10.8 Å². The van der Waals surface area contributed by atoms with Crippen molar-refractivity contribution < 1.29 is 4.39 Å². The number of imidazole rings is 1. The monoisotopic (exact) mass is 355 g/mol. The second-order valence-corrected chi connectivity index (χ2v) is 7.28. The standard InChI is InChI=1S/C17H14FN5OS/c18-11-3-1-5-13-14(11)22-16(25-13)20-9-7-10(8-9)23-15-12(21-17(23)24)4-2-6-19-15/h1-6,9-10H,7-8H2,(H,20,22)(H,21,24)/t9-,10-. The van der Waals surface area contributed by atoms with E-state index < -0.39 is 0 Å². The smallest absolute Gasteiger partial charge is 0.327 e. The molecule has 3 heterocycles. The van der Waals surface area contributed by atoms with Crippen molar-refractivity contribution in [3.8, 4) is 0 Å². The van der Waals surface area contributed by atoms with Crippen LogP contribution >= 0.6 is 11.3 Å². The number of fused-ring (bicyclic) bond motifs is 2. The number of thiazole rings is 1. The number of aromatic amines is 1. The summed E-state index contributed by atoms with van der Waals surface area (Å²) < 4.78 is 16.3. The first kappa shape index (κ1) is 14.6. The second kappa shape index (κ2) is 5.38. The van der Waals surface area contributed by atoms with Crippen molar-refractivity contribution in [3.63, 3.8) is 0 Å². The molecule has 0 saturated heterocycles. The molecule has 1 aliphatic rings. The van der Waals surface area contributed by atoms with E-state index in [0.717, 1.165) is 23.1 Å². The molecule has 0 bridgehead atoms. The van der Waals surface area contributed by atoms with E-state index in [2.05, 4.69) is 20.3 Å². The Hall–Kier alpha value is -2.74. The van der Waals surface area contributed by atoms with Gasteiger partial charge in [0.2, 0.25) is 0 Å². The second-order valence-electron chi connectivity index (χ2n) is 6.25. The highest BCUT2D eigenvalue weighted by Gasteiger charge is 2.33. The predicted octanol–water partition coefficient (Wildman–Crippen LogP) is 3.29. The molecule has 126 valence electrons. The molecule has 0 amide bonds. The number of rotatable bonds is 3. The van der Waals surface area contributed by atoms with Crippen molar-refractivity contribution >= 4 is 37.8 Å². The van der Waals surface area contributed by atoms with E-state index in [4.69, 9.17) is 0 Å². The largest absolute Gasteiger partial charge is 0.359 e. The van der Waals surface area contributed by atoms with E-state index >= 15 is 0 Å². The van der Waals surface area contributed by atoms with Gasteiger partial charge in [-0.05, 0) is 37.1 Å². The summed E-state index contributed by atoms with van der Waals surface area (Å²) in [6, 6.07) is 8.96. The first-order valence-electron chi connectivity index (χ1n) is 8.06. The van der Waals surface area contributed by atoms with Gasteiger partial charge in [-0.1, -0.05) is 17.4 Å². The summed E-state index contributed by atoms with van der Waals surface area (Å²) in [7, 11) is 0. The summed E-state index contributed by atoms with van der Waals surface area (Å²) in [6.45, 7) is 0. The fourth-order valence-electron chi connectivity index (χ4n) is 3.36. The van der Waals surface area contributed by atoms with Gasteiger partial charge in [-0.25, -0.2) is 19.2 Å². The number of pyridine rings is 1. The zero-order valence-corrected chi connectivity index (χ0v) is 13.9. The molecule has 8 heteroatoms. The summed E-state index contributed by atoms with van der Waals surface area (Å²) in [5.41, 5.74) is 1.73. The lowest BCUT2D eigenvalue weighted by Crippen LogP contribution is -2.40. The van der Waals surface area contributed by atoms with Gasteiger partial charge in [-0.3, -0.25) is 4.57 Å². The average molecular weight is 355 g/mol. The maximum absolute atomic E-state index is 13.7. The maximum Gasteiger partial charge on any atom is 0.327 e. The van der Waals surface area contributed by atoms with Crippen LogP contribution in [-0.2, 0) is 0 Å². The molecule has 5 rings (SSSR count). The SMILES string of the molecule is O=c1[nH]c2cccnc2n1[C@H]1C[C@H](Nc2nc3c(F)cccc3s2)C1. The minimum atomic E-state index is -0.301. The van der Waals surface area contributed by atoms with Crippen LogP contribution in [0.15, 0.2) is 41.3 Å². The van der Waals surface area contributed by atoms with Crippen LogP contribution in [0.3, 0.4) is 0 Å². The summed E-state index contributed by atoms with van der Waals surface area (Å²) in [6.07, 6.45) is 3.31. The highest BCUT2D eigenvalue weighted by atomic mass is 32.1. The molecule has 25 heavy (non-hydrogen) atoms. The highest BCUT2D eigenvalue weighted by molar-refractivity contribution is 7.22. The van der Waals surface area contributed by atoms with Crippen LogP contribution in [0.5, 0.6) is 0 Å². The minimum absolute atomic E-state index is 0.111. The van der Waals surface area contributed by atoms with Crippen molar-refractivity contribution in [2.75, 3.05) is 5.32 Å². The molecule has 1 aliphatic carbocycles. The molecule has 6 nitrogen and oxygen atoms in total. The number of hydrogen-bond donors (Lipinski definition) is 2. The topological polar surface area (TPSA) is 75.6 Å². The third-order valence-corrected chi connectivity index (χ3v) is 5.60. The molecule has 0 radical (unpaired) electrons. The maximum atomic E-state index is 13.7. The number of aromatic nitrogens is 4. The molecule has 3 aromatic heterocycles. The van der Waals surface area contributed by atoms with Crippen molar-refractivity contribution in [1.29, 1.82) is 0 Å². The van der Waals surface area contributed by atoms with Gasteiger partial charge in [-0.2, -0.15) is 0 Å². The molecule has 0 atom stereocenters. The molecule has 1 aromatic carbocycles. The van der Waals surface area contributed by atoms with Gasteiger partial charge in [0.25, 0.3) is 0 Å². The number of para-hydroxylation sites is 1. The van der Waals surface area contributed by atoms with Gasteiger partial charge < -0.3 is 10.3 Å². The van der Waals surface area contributed by atoms with Gasteiger partial charge in [-0.15, -0.1) is 0 Å². The molecular weight excluding hydrogens is 341 g/mol. The zero-order valence-electron chi connectivity index (χ0n) is 13.1. The Bertz CT molecular complexity index is 1140. The fourth-order valence-corrected chi connectivity index (χ4v) is 4.32. The zero-order chi connectivity index (χ0) is 17.0. The third kappa shape index (κ3) is 2.32. The Morgan fingerprint density at radius 3 is 3.00 bits per heavy atom. The van der Waals surface area contributed by atoms with E-state index in [0.29, 0.717) is 16.3 Å². The van der Waals surface area contributed by atoms with Crippen LogP contribution in [0.1, 0.15) is 18.9 Å². The molecule has 0 aliphatic heterocycles. The van der Waals surface area contributed by atoms with Crippen molar-refractivity contribution in [3.05, 3.63) is 52.8 Å². The summed E-state index contributed by atoms with van der Waals surface area (Å²) in [4.78, 5) is 23.7. The Balaban J connectivity index is 1.35. The molecular formula is C17H14FN5OS. The molecule has 2 N–H and O–H groups in total. The normalized spacial score (nSPS) is 20.0. The fraction of sp³-hybridized carbons (Fsp3) is 0.235. The van der Waals surface area contributed by atoms with E-state index in [1.165, 1.54) is 17.4 Å². The van der Waals surface area contributed by atoms with Gasteiger partial charge in [0, 0.05) is 18.3 Å². The predicted molar refractivity (Wildman–Crippen MR) is 95.6 cm³/mol. The molecule has 0 unspecified atom stereocenters. The van der Waals surface area contributed by atoms with Gasteiger partial charge in [0.05, 0.1) is 10.2 Å². The van der Waals surface area contributed by atoms with Crippen LogP contribution in [0.2, 0.25) is 0 Å². The molecule has 1 fully saturated rings. The van der Waals surface area contributed by atoms with Crippen LogP contribution in [0, 0.1) is 5.82 Å². The van der Waals surface area contributed by atoms with Crippen molar-refractivity contribution in [2.24, 2.45) is 0 Å². The number of benzene rings is 1. The van der Waals surface area contributed by atoms with Crippen LogP contribution in [-0.4, -0.2) is 25.6 Å². The first-order valence-corrected chi connectivity index (χ1v) is 8.87. The van der Waals surface area contributed by atoms with Crippen LogP contribution < -0.4 is 11.0 Å². The van der Waals surface area contributed by atoms with E-state index in [1.54, 1.807) is 22.9 Å². The summed E-state index contributed by atoms with van der Waals surface area (Å²) in [5.74, 6) is -0.301. The number of H-pyrrole nitrogens is 1. The van der Waals surface area contributed by atoms with Gasteiger partial charge >= 0.3 is 5.69 Å². The van der Waals surface area contributed by atoms with Crippen molar-refractivity contribution in [2.45, 2.75) is 24.9 Å². The quantitative estimate of drug-likeness (QED) is 0.591. The molecule has 0 spiro atoms. The highest BCUT2D eigenvalue weighted by Crippen LogP contribution is 2.36.